The Morgan fingerprint density at radius 3 is 2.58 bits per heavy atom. The molecular formula is C25H28N2O5S. The van der Waals surface area contributed by atoms with Gasteiger partial charge in [0.05, 0.1) is 25.0 Å². The number of piperidine rings is 1. The van der Waals surface area contributed by atoms with Crippen LogP contribution in [-0.4, -0.2) is 45.9 Å². The molecule has 3 aromatic carbocycles. The minimum atomic E-state index is -3.76. The van der Waals surface area contributed by atoms with Gasteiger partial charge in [-0.05, 0) is 41.3 Å². The first kappa shape index (κ1) is 23.1. The van der Waals surface area contributed by atoms with Crippen LogP contribution in [0.15, 0.2) is 65.6 Å². The number of amides is 1. The van der Waals surface area contributed by atoms with E-state index in [1.165, 1.54) is 30.7 Å². The maximum Gasteiger partial charge on any atom is 0.243 e. The zero-order valence-electron chi connectivity index (χ0n) is 18.8. The average molecular weight is 469 g/mol. The van der Waals surface area contributed by atoms with Crippen molar-refractivity contribution < 1.29 is 22.7 Å². The van der Waals surface area contributed by atoms with Gasteiger partial charge >= 0.3 is 0 Å². The summed E-state index contributed by atoms with van der Waals surface area (Å²) in [7, 11) is -0.802. The molecule has 33 heavy (non-hydrogen) atoms. The van der Waals surface area contributed by atoms with Crippen molar-refractivity contribution in [2.24, 2.45) is 5.92 Å². The Morgan fingerprint density at radius 2 is 1.79 bits per heavy atom. The topological polar surface area (TPSA) is 84.9 Å². The lowest BCUT2D eigenvalue weighted by molar-refractivity contribution is -0.126. The van der Waals surface area contributed by atoms with Gasteiger partial charge in [-0.1, -0.05) is 42.5 Å². The fraction of sp³-hybridized carbons (Fsp3) is 0.320. The van der Waals surface area contributed by atoms with Crippen LogP contribution in [0.25, 0.3) is 10.8 Å². The van der Waals surface area contributed by atoms with E-state index in [0.29, 0.717) is 37.4 Å². The summed E-state index contributed by atoms with van der Waals surface area (Å²) >= 11 is 0. The molecule has 1 atom stereocenters. The molecule has 1 aliphatic heterocycles. The molecule has 1 heterocycles. The van der Waals surface area contributed by atoms with Crippen LogP contribution in [0.5, 0.6) is 11.5 Å². The van der Waals surface area contributed by atoms with Crippen LogP contribution in [-0.2, 0) is 21.4 Å². The highest BCUT2D eigenvalue weighted by Crippen LogP contribution is 2.32. The highest BCUT2D eigenvalue weighted by molar-refractivity contribution is 7.89. The summed E-state index contributed by atoms with van der Waals surface area (Å²) in [5.74, 6) is 0.277. The van der Waals surface area contributed by atoms with Crippen molar-refractivity contribution in [2.45, 2.75) is 24.3 Å². The normalized spacial score (nSPS) is 17.0. The molecule has 0 spiro atoms. The van der Waals surface area contributed by atoms with Crippen molar-refractivity contribution in [1.29, 1.82) is 0 Å². The molecule has 1 fully saturated rings. The molecule has 1 aliphatic rings. The number of nitrogens with zero attached hydrogens (tertiary/aromatic N) is 1. The Kier molecular flexibility index (Phi) is 6.85. The van der Waals surface area contributed by atoms with Gasteiger partial charge in [0.2, 0.25) is 15.9 Å². The van der Waals surface area contributed by atoms with Crippen molar-refractivity contribution in [3.63, 3.8) is 0 Å². The van der Waals surface area contributed by atoms with E-state index in [4.69, 9.17) is 9.47 Å². The molecular weight excluding hydrogens is 440 g/mol. The molecule has 0 radical (unpaired) electrons. The van der Waals surface area contributed by atoms with Crippen molar-refractivity contribution in [3.8, 4) is 11.5 Å². The number of sulfonamides is 1. The molecule has 0 aromatic heterocycles. The van der Waals surface area contributed by atoms with Crippen molar-refractivity contribution >= 4 is 26.7 Å². The lowest BCUT2D eigenvalue weighted by Gasteiger charge is -2.31. The summed E-state index contributed by atoms with van der Waals surface area (Å²) in [6.07, 6.45) is 1.28. The number of carbonyl (C=O) groups is 1. The first-order valence-corrected chi connectivity index (χ1v) is 12.3. The minimum absolute atomic E-state index is 0.122. The average Bonchev–Trinajstić information content (AvgIpc) is 2.86. The smallest absolute Gasteiger partial charge is 0.243 e. The van der Waals surface area contributed by atoms with Gasteiger partial charge in [0.15, 0.2) is 11.5 Å². The molecule has 0 aliphatic carbocycles. The molecule has 1 N–H and O–H groups in total. The fourth-order valence-corrected chi connectivity index (χ4v) is 5.81. The third-order valence-electron chi connectivity index (χ3n) is 6.08. The van der Waals surface area contributed by atoms with Gasteiger partial charge in [0, 0.05) is 25.7 Å². The Bertz CT molecular complexity index is 1250. The second-order valence-corrected chi connectivity index (χ2v) is 10.0. The number of methoxy groups -OCH3 is 2. The summed E-state index contributed by atoms with van der Waals surface area (Å²) in [5.41, 5.74) is 1.03. The zero-order valence-corrected chi connectivity index (χ0v) is 19.6. The molecule has 8 heteroatoms. The highest BCUT2D eigenvalue weighted by Gasteiger charge is 2.33. The number of nitrogens with one attached hydrogen (secondary N) is 1. The molecule has 0 saturated carbocycles. The van der Waals surface area contributed by atoms with Crippen molar-refractivity contribution in [2.75, 3.05) is 27.3 Å². The summed E-state index contributed by atoms with van der Waals surface area (Å²) in [6.45, 7) is 0.931. The van der Waals surface area contributed by atoms with Crippen molar-refractivity contribution in [1.82, 2.24) is 9.62 Å². The predicted molar refractivity (Wildman–Crippen MR) is 127 cm³/mol. The number of hydrogen-bond acceptors (Lipinski definition) is 5. The minimum Gasteiger partial charge on any atom is -0.493 e. The third-order valence-corrected chi connectivity index (χ3v) is 7.94. The van der Waals surface area contributed by atoms with Gasteiger partial charge in [-0.25, -0.2) is 8.42 Å². The fourth-order valence-electron chi connectivity index (χ4n) is 4.27. The maximum atomic E-state index is 13.2. The molecule has 1 saturated heterocycles. The summed E-state index contributed by atoms with van der Waals surface area (Å²) in [4.78, 5) is 13.1. The van der Waals surface area contributed by atoms with E-state index < -0.39 is 15.9 Å². The summed E-state index contributed by atoms with van der Waals surface area (Å²) in [6, 6.07) is 18.6. The quantitative estimate of drug-likeness (QED) is 0.573. The maximum absolute atomic E-state index is 13.2. The van der Waals surface area contributed by atoms with E-state index in [9.17, 15) is 13.2 Å². The van der Waals surface area contributed by atoms with Crippen LogP contribution in [0.1, 0.15) is 18.4 Å². The van der Waals surface area contributed by atoms with Gasteiger partial charge in [-0.3, -0.25) is 4.79 Å². The second-order valence-electron chi connectivity index (χ2n) is 8.08. The first-order chi connectivity index (χ1) is 15.9. The Hall–Kier alpha value is -3.10. The molecule has 7 nitrogen and oxygen atoms in total. The summed E-state index contributed by atoms with van der Waals surface area (Å²) in [5, 5.41) is 5.23. The lowest BCUT2D eigenvalue weighted by Crippen LogP contribution is -2.45. The number of rotatable bonds is 7. The van der Waals surface area contributed by atoms with E-state index in [1.807, 2.05) is 42.5 Å². The van der Waals surface area contributed by atoms with Crippen LogP contribution >= 0.6 is 0 Å². The monoisotopic (exact) mass is 468 g/mol. The van der Waals surface area contributed by atoms with E-state index in [0.717, 1.165) is 16.3 Å². The Labute approximate surface area is 194 Å². The van der Waals surface area contributed by atoms with E-state index in [-0.39, 0.29) is 17.3 Å². The predicted octanol–water partition coefficient (Wildman–Crippen LogP) is 3.57. The largest absolute Gasteiger partial charge is 0.493 e. The molecule has 1 amide bonds. The van der Waals surface area contributed by atoms with Crippen LogP contribution in [0.2, 0.25) is 0 Å². The van der Waals surface area contributed by atoms with Crippen molar-refractivity contribution in [3.05, 3.63) is 66.2 Å². The first-order valence-electron chi connectivity index (χ1n) is 10.9. The van der Waals surface area contributed by atoms with Crippen LogP contribution < -0.4 is 14.8 Å². The number of carbonyl (C=O) groups excluding carboxylic acids is 1. The molecule has 0 unspecified atom stereocenters. The highest BCUT2D eigenvalue weighted by atomic mass is 32.2. The van der Waals surface area contributed by atoms with Gasteiger partial charge in [-0.15, -0.1) is 0 Å². The number of fused-ring (bicyclic) bond motifs is 1. The van der Waals surface area contributed by atoms with Gasteiger partial charge in [-0.2, -0.15) is 4.31 Å². The lowest BCUT2D eigenvalue weighted by atomic mass is 9.98. The molecule has 3 aromatic rings. The number of ether oxygens (including phenoxy) is 2. The van der Waals surface area contributed by atoms with E-state index >= 15 is 0 Å². The van der Waals surface area contributed by atoms with E-state index in [1.54, 1.807) is 6.07 Å². The van der Waals surface area contributed by atoms with Gasteiger partial charge < -0.3 is 14.8 Å². The number of benzene rings is 3. The Morgan fingerprint density at radius 1 is 1.03 bits per heavy atom. The molecule has 0 bridgehead atoms. The van der Waals surface area contributed by atoms with Gasteiger partial charge in [0.25, 0.3) is 0 Å². The molecule has 174 valence electrons. The van der Waals surface area contributed by atoms with Crippen LogP contribution in [0.4, 0.5) is 0 Å². The van der Waals surface area contributed by atoms with E-state index in [2.05, 4.69) is 5.32 Å². The molecule has 4 rings (SSSR count). The third kappa shape index (κ3) is 4.82. The number of hydrogen-bond donors (Lipinski definition) is 1. The zero-order chi connectivity index (χ0) is 23.4. The van der Waals surface area contributed by atoms with Gasteiger partial charge in [0.1, 0.15) is 0 Å². The van der Waals surface area contributed by atoms with Crippen LogP contribution in [0, 0.1) is 5.92 Å². The SMILES string of the molecule is COc1ccc(S(=O)(=O)N2CCC[C@H](C(=O)NCc3cccc4ccccc34)C2)cc1OC. The second kappa shape index (κ2) is 9.80. The summed E-state index contributed by atoms with van der Waals surface area (Å²) < 4.78 is 38.3. The Balaban J connectivity index is 1.46. The standard InChI is InChI=1S/C25H28N2O5S/c1-31-23-13-12-21(15-24(23)32-2)33(29,30)27-14-6-10-20(17-27)25(28)26-16-19-9-5-8-18-7-3-4-11-22(18)19/h3-5,7-9,11-13,15,20H,6,10,14,16-17H2,1-2H3,(H,26,28)/t20-/m0/s1. The van der Waals surface area contributed by atoms with Crippen LogP contribution in [0.3, 0.4) is 0 Å².